The fraction of sp³-hybridized carbons (Fsp3) is 0.318. The maximum Gasteiger partial charge on any atom is 0.310 e. The number of unbranched alkanes of at least 4 members (excludes halogenated alkanes) is 2. The molecule has 6 heteroatoms. The summed E-state index contributed by atoms with van der Waals surface area (Å²) in [4.78, 5) is 35.8. The number of hydrogen-bond acceptors (Lipinski definition) is 4. The first-order valence-electron chi connectivity index (χ1n) is 9.31. The van der Waals surface area contributed by atoms with Gasteiger partial charge in [0.2, 0.25) is 5.91 Å². The Morgan fingerprint density at radius 3 is 2.29 bits per heavy atom. The molecule has 0 saturated heterocycles. The minimum Gasteiger partial charge on any atom is -0.457 e. The number of carbonyl (C=O) groups excluding carboxylic acids is 3. The van der Waals surface area contributed by atoms with E-state index in [-0.39, 0.29) is 24.7 Å². The second-order valence-electron chi connectivity index (χ2n) is 6.47. The molecule has 1 N–H and O–H groups in total. The normalized spacial score (nSPS) is 10.4. The van der Waals surface area contributed by atoms with Gasteiger partial charge in [-0.2, -0.15) is 0 Å². The molecule has 2 aromatic rings. The van der Waals surface area contributed by atoms with Gasteiger partial charge in [0.05, 0.1) is 6.42 Å². The summed E-state index contributed by atoms with van der Waals surface area (Å²) in [5.74, 6) is -0.819. The van der Waals surface area contributed by atoms with E-state index < -0.39 is 5.97 Å². The summed E-state index contributed by atoms with van der Waals surface area (Å²) in [6, 6.07) is 13.4. The van der Waals surface area contributed by atoms with E-state index in [1.165, 1.54) is 0 Å². The van der Waals surface area contributed by atoms with Crippen molar-refractivity contribution in [2.45, 2.75) is 39.0 Å². The van der Waals surface area contributed by atoms with Crippen LogP contribution in [0.25, 0.3) is 0 Å². The molecule has 148 valence electrons. The molecule has 0 unspecified atom stereocenters. The number of Topliss-reactive ketones (excluding diaryl/α,β-unsaturated/α-hetero) is 1. The Hall–Kier alpha value is -2.66. The smallest absolute Gasteiger partial charge is 0.310 e. The number of nitrogens with one attached hydrogen (secondary N) is 1. The number of ether oxygens (including phenoxy) is 1. The third-order valence-electron chi connectivity index (χ3n) is 4.12. The Labute approximate surface area is 170 Å². The van der Waals surface area contributed by atoms with Crippen LogP contribution < -0.4 is 5.32 Å². The Morgan fingerprint density at radius 1 is 0.964 bits per heavy atom. The lowest BCUT2D eigenvalue weighted by Gasteiger charge is -2.07. The zero-order valence-electron chi connectivity index (χ0n) is 15.9. The molecule has 0 bridgehead atoms. The number of halogens is 1. The standard InChI is InChI=1S/C22H24ClNO4/c1-2-3-4-5-21(26)24-19-12-8-17(9-13-19)20(25)15-28-22(27)14-16-6-10-18(23)11-7-16/h6-13H,2-5,14-15H2,1H3,(H,24,26). The molecule has 28 heavy (non-hydrogen) atoms. The van der Waals surface area contributed by atoms with Crippen LogP contribution in [-0.4, -0.2) is 24.3 Å². The highest BCUT2D eigenvalue weighted by atomic mass is 35.5. The van der Waals surface area contributed by atoms with Crippen molar-refractivity contribution in [1.82, 2.24) is 0 Å². The van der Waals surface area contributed by atoms with Crippen LogP contribution >= 0.6 is 11.6 Å². The van der Waals surface area contributed by atoms with Crippen molar-refractivity contribution in [3.05, 3.63) is 64.7 Å². The average molecular weight is 402 g/mol. The topological polar surface area (TPSA) is 72.5 Å². The van der Waals surface area contributed by atoms with Gasteiger partial charge >= 0.3 is 5.97 Å². The van der Waals surface area contributed by atoms with Crippen molar-refractivity contribution in [2.75, 3.05) is 11.9 Å². The van der Waals surface area contributed by atoms with E-state index in [4.69, 9.17) is 16.3 Å². The summed E-state index contributed by atoms with van der Waals surface area (Å²) in [6.45, 7) is 1.76. The van der Waals surface area contributed by atoms with Gasteiger partial charge in [0.25, 0.3) is 0 Å². The molecule has 0 aliphatic carbocycles. The van der Waals surface area contributed by atoms with Crippen molar-refractivity contribution < 1.29 is 19.1 Å². The fourth-order valence-corrected chi connectivity index (χ4v) is 2.67. The zero-order chi connectivity index (χ0) is 20.4. The lowest BCUT2D eigenvalue weighted by atomic mass is 10.1. The minimum atomic E-state index is -0.480. The number of esters is 1. The van der Waals surface area contributed by atoms with Gasteiger partial charge < -0.3 is 10.1 Å². The summed E-state index contributed by atoms with van der Waals surface area (Å²) < 4.78 is 5.05. The first kappa shape index (κ1) is 21.6. The van der Waals surface area contributed by atoms with E-state index in [9.17, 15) is 14.4 Å². The van der Waals surface area contributed by atoms with Crippen molar-refractivity contribution in [3.8, 4) is 0 Å². The third kappa shape index (κ3) is 7.53. The molecule has 0 spiro atoms. The van der Waals surface area contributed by atoms with Crippen LogP contribution in [0.1, 0.15) is 48.5 Å². The van der Waals surface area contributed by atoms with Crippen LogP contribution in [-0.2, 0) is 20.7 Å². The molecule has 5 nitrogen and oxygen atoms in total. The maximum absolute atomic E-state index is 12.2. The Morgan fingerprint density at radius 2 is 1.64 bits per heavy atom. The van der Waals surface area contributed by atoms with Crippen LogP contribution in [0.3, 0.4) is 0 Å². The van der Waals surface area contributed by atoms with Gasteiger partial charge in [0.15, 0.2) is 12.4 Å². The van der Waals surface area contributed by atoms with Crippen molar-refractivity contribution in [1.29, 1.82) is 0 Å². The van der Waals surface area contributed by atoms with E-state index in [1.54, 1.807) is 48.5 Å². The highest BCUT2D eigenvalue weighted by Crippen LogP contribution is 2.13. The average Bonchev–Trinajstić information content (AvgIpc) is 2.69. The van der Waals surface area contributed by atoms with E-state index in [0.29, 0.717) is 22.7 Å². The Kier molecular flexibility index (Phi) is 8.69. The molecular weight excluding hydrogens is 378 g/mol. The first-order valence-corrected chi connectivity index (χ1v) is 9.69. The van der Waals surface area contributed by atoms with Gasteiger partial charge in [0.1, 0.15) is 0 Å². The van der Waals surface area contributed by atoms with Crippen molar-refractivity contribution in [3.63, 3.8) is 0 Å². The first-order chi connectivity index (χ1) is 13.5. The van der Waals surface area contributed by atoms with Gasteiger partial charge in [-0.05, 0) is 48.4 Å². The van der Waals surface area contributed by atoms with E-state index in [0.717, 1.165) is 24.8 Å². The molecule has 2 rings (SSSR count). The van der Waals surface area contributed by atoms with Crippen LogP contribution in [0.5, 0.6) is 0 Å². The van der Waals surface area contributed by atoms with Gasteiger partial charge in [-0.15, -0.1) is 0 Å². The molecule has 0 radical (unpaired) electrons. The summed E-state index contributed by atoms with van der Waals surface area (Å²) >= 11 is 5.80. The molecule has 0 aliphatic rings. The van der Waals surface area contributed by atoms with Crippen molar-refractivity contribution >= 4 is 34.9 Å². The number of ketones is 1. The molecule has 0 saturated carbocycles. The number of carbonyl (C=O) groups is 3. The second kappa shape index (κ2) is 11.2. The van der Waals surface area contributed by atoms with Gasteiger partial charge in [-0.1, -0.05) is 43.5 Å². The summed E-state index contributed by atoms with van der Waals surface area (Å²) in [5.41, 5.74) is 1.82. The number of hydrogen-bond donors (Lipinski definition) is 1. The predicted molar refractivity (Wildman–Crippen MR) is 110 cm³/mol. The largest absolute Gasteiger partial charge is 0.457 e. The predicted octanol–water partition coefficient (Wildman–Crippen LogP) is 4.83. The van der Waals surface area contributed by atoms with Crippen molar-refractivity contribution in [2.24, 2.45) is 0 Å². The zero-order valence-corrected chi connectivity index (χ0v) is 16.6. The number of rotatable bonds is 10. The van der Waals surface area contributed by atoms with Crippen LogP contribution in [0, 0.1) is 0 Å². The maximum atomic E-state index is 12.2. The monoisotopic (exact) mass is 401 g/mol. The molecule has 0 fully saturated rings. The second-order valence-corrected chi connectivity index (χ2v) is 6.91. The molecule has 0 aliphatic heterocycles. The van der Waals surface area contributed by atoms with Crippen LogP contribution in [0.4, 0.5) is 5.69 Å². The quantitative estimate of drug-likeness (QED) is 0.351. The third-order valence-corrected chi connectivity index (χ3v) is 4.38. The molecule has 1 amide bonds. The number of amides is 1. The van der Waals surface area contributed by atoms with Gasteiger partial charge in [0, 0.05) is 22.7 Å². The summed E-state index contributed by atoms with van der Waals surface area (Å²) in [7, 11) is 0. The minimum absolute atomic E-state index is 0.0383. The lowest BCUT2D eigenvalue weighted by Crippen LogP contribution is -2.16. The van der Waals surface area contributed by atoms with E-state index in [1.807, 2.05) is 0 Å². The molecule has 2 aromatic carbocycles. The summed E-state index contributed by atoms with van der Waals surface area (Å²) in [5, 5.41) is 3.39. The van der Waals surface area contributed by atoms with E-state index in [2.05, 4.69) is 12.2 Å². The molecule has 0 atom stereocenters. The Bertz CT molecular complexity index is 800. The molecular formula is C22H24ClNO4. The van der Waals surface area contributed by atoms with Crippen LogP contribution in [0.2, 0.25) is 5.02 Å². The van der Waals surface area contributed by atoms with Crippen LogP contribution in [0.15, 0.2) is 48.5 Å². The lowest BCUT2D eigenvalue weighted by molar-refractivity contribution is -0.141. The summed E-state index contributed by atoms with van der Waals surface area (Å²) in [6.07, 6.45) is 3.51. The van der Waals surface area contributed by atoms with E-state index >= 15 is 0 Å². The van der Waals surface area contributed by atoms with Gasteiger partial charge in [-0.25, -0.2) is 0 Å². The number of anilines is 1. The SMILES string of the molecule is CCCCCC(=O)Nc1ccc(C(=O)COC(=O)Cc2ccc(Cl)cc2)cc1. The highest BCUT2D eigenvalue weighted by Gasteiger charge is 2.11. The molecule has 0 aromatic heterocycles. The highest BCUT2D eigenvalue weighted by molar-refractivity contribution is 6.30. The Balaban J connectivity index is 1.78. The van der Waals surface area contributed by atoms with Gasteiger partial charge in [-0.3, -0.25) is 14.4 Å². The fourth-order valence-electron chi connectivity index (χ4n) is 2.55. The molecule has 0 heterocycles. The number of benzene rings is 2.